The molecule has 0 saturated carbocycles. The van der Waals surface area contributed by atoms with Crippen LogP contribution in [0.2, 0.25) is 0 Å². The Bertz CT molecular complexity index is 693. The van der Waals surface area contributed by atoms with E-state index in [2.05, 4.69) is 39.7 Å². The molecule has 0 fully saturated rings. The molecule has 0 radical (unpaired) electrons. The molecule has 1 heterocycles. The first-order chi connectivity index (χ1) is 11.6. The Labute approximate surface area is 142 Å². The van der Waals surface area contributed by atoms with Crippen molar-refractivity contribution in [3.05, 3.63) is 47.1 Å². The van der Waals surface area contributed by atoms with E-state index in [1.807, 2.05) is 13.8 Å². The van der Waals surface area contributed by atoms with E-state index in [-0.39, 0.29) is 17.9 Å². The third kappa shape index (κ3) is 4.02. The van der Waals surface area contributed by atoms with Crippen LogP contribution in [0.4, 0.5) is 0 Å². The number of nitrogens with zero attached hydrogens (tertiary/aromatic N) is 2. The molecule has 24 heavy (non-hydrogen) atoms. The molecule has 1 amide bonds. The molecular formula is C19H25N3O2. The summed E-state index contributed by atoms with van der Waals surface area (Å²) in [6, 6.07) is 8.55. The van der Waals surface area contributed by atoms with Crippen LogP contribution in [0.25, 0.3) is 0 Å². The van der Waals surface area contributed by atoms with Crippen molar-refractivity contribution in [2.24, 2.45) is 0 Å². The van der Waals surface area contributed by atoms with E-state index in [9.17, 15) is 4.79 Å². The summed E-state index contributed by atoms with van der Waals surface area (Å²) in [6.07, 6.45) is 5.28. The number of hydrogen-bond donors (Lipinski definition) is 1. The molecule has 1 aromatic heterocycles. The van der Waals surface area contributed by atoms with Crippen LogP contribution in [-0.4, -0.2) is 16.0 Å². The zero-order valence-electron chi connectivity index (χ0n) is 14.4. The van der Waals surface area contributed by atoms with Crippen LogP contribution in [0.1, 0.15) is 74.3 Å². The second-order valence-electron chi connectivity index (χ2n) is 6.77. The molecule has 1 aromatic carbocycles. The summed E-state index contributed by atoms with van der Waals surface area (Å²) in [5.41, 5.74) is 2.63. The Morgan fingerprint density at radius 2 is 2.17 bits per heavy atom. The Morgan fingerprint density at radius 3 is 2.96 bits per heavy atom. The molecule has 0 spiro atoms. The molecule has 2 aromatic rings. The molecule has 1 N–H and O–H groups in total. The number of carbonyl (C=O) groups excluding carboxylic acids is 1. The second-order valence-corrected chi connectivity index (χ2v) is 6.77. The highest BCUT2D eigenvalue weighted by Gasteiger charge is 2.20. The van der Waals surface area contributed by atoms with Gasteiger partial charge in [-0.2, -0.15) is 4.98 Å². The summed E-state index contributed by atoms with van der Waals surface area (Å²) >= 11 is 0. The minimum absolute atomic E-state index is 0.0426. The van der Waals surface area contributed by atoms with Crippen LogP contribution in [0.5, 0.6) is 0 Å². The lowest BCUT2D eigenvalue weighted by Gasteiger charge is -2.19. The van der Waals surface area contributed by atoms with Crippen molar-refractivity contribution in [2.75, 3.05) is 0 Å². The lowest BCUT2D eigenvalue weighted by Crippen LogP contribution is -2.28. The minimum atomic E-state index is 0.0426. The summed E-state index contributed by atoms with van der Waals surface area (Å²) in [5, 5.41) is 7.12. The maximum atomic E-state index is 12.3. The van der Waals surface area contributed by atoms with Gasteiger partial charge >= 0.3 is 0 Å². The summed E-state index contributed by atoms with van der Waals surface area (Å²) < 4.78 is 5.20. The molecule has 5 nitrogen and oxygen atoms in total. The molecule has 1 aliphatic rings. The third-order valence-electron chi connectivity index (χ3n) is 4.52. The van der Waals surface area contributed by atoms with Gasteiger partial charge in [0, 0.05) is 18.8 Å². The lowest BCUT2D eigenvalue weighted by molar-refractivity contribution is -0.121. The minimum Gasteiger partial charge on any atom is -0.349 e. The Hall–Kier alpha value is -2.17. The quantitative estimate of drug-likeness (QED) is 0.850. The first-order valence-corrected chi connectivity index (χ1v) is 8.83. The summed E-state index contributed by atoms with van der Waals surface area (Å²) in [5.74, 6) is 1.51. The highest BCUT2D eigenvalue weighted by molar-refractivity contribution is 5.76. The standard InChI is InChI=1S/C19H25N3O2/c1-13(2)19-21-18(24-22-19)12-11-17(23)20-16-10-6-4-8-14-7-3-5-9-15(14)16/h3,5,7,9,13,16H,4,6,8,10-12H2,1-2H3,(H,20,23). The number of hydrogen-bond acceptors (Lipinski definition) is 4. The van der Waals surface area contributed by atoms with Crippen molar-refractivity contribution in [2.45, 2.75) is 64.3 Å². The van der Waals surface area contributed by atoms with Crippen LogP contribution in [-0.2, 0) is 17.6 Å². The van der Waals surface area contributed by atoms with Gasteiger partial charge in [0.1, 0.15) is 0 Å². The summed E-state index contributed by atoms with van der Waals surface area (Å²) in [6.45, 7) is 4.04. The van der Waals surface area contributed by atoms with Crippen LogP contribution in [0, 0.1) is 0 Å². The average molecular weight is 327 g/mol. The van der Waals surface area contributed by atoms with Crippen molar-refractivity contribution in [3.63, 3.8) is 0 Å². The van der Waals surface area contributed by atoms with E-state index in [0.717, 1.165) is 19.3 Å². The Morgan fingerprint density at radius 1 is 1.33 bits per heavy atom. The number of aromatic nitrogens is 2. The number of carbonyl (C=O) groups is 1. The average Bonchev–Trinajstić information content (AvgIpc) is 2.97. The molecule has 0 aliphatic heterocycles. The molecule has 3 rings (SSSR count). The van der Waals surface area contributed by atoms with E-state index in [0.29, 0.717) is 24.6 Å². The normalized spacial score (nSPS) is 17.4. The van der Waals surface area contributed by atoms with Gasteiger partial charge in [-0.05, 0) is 30.4 Å². The van der Waals surface area contributed by atoms with Gasteiger partial charge in [-0.15, -0.1) is 0 Å². The van der Waals surface area contributed by atoms with Crippen LogP contribution >= 0.6 is 0 Å². The lowest BCUT2D eigenvalue weighted by atomic mass is 9.99. The highest BCUT2D eigenvalue weighted by atomic mass is 16.5. The van der Waals surface area contributed by atoms with Gasteiger partial charge in [0.15, 0.2) is 5.82 Å². The first kappa shape index (κ1) is 16.7. The van der Waals surface area contributed by atoms with Crippen molar-refractivity contribution >= 4 is 5.91 Å². The van der Waals surface area contributed by atoms with E-state index in [1.165, 1.54) is 17.5 Å². The number of benzene rings is 1. The first-order valence-electron chi connectivity index (χ1n) is 8.83. The number of fused-ring (bicyclic) bond motifs is 1. The maximum Gasteiger partial charge on any atom is 0.227 e. The SMILES string of the molecule is CC(C)c1noc(CCC(=O)NC2CCCCc3ccccc32)n1. The van der Waals surface area contributed by atoms with Gasteiger partial charge in [0.05, 0.1) is 6.04 Å². The smallest absolute Gasteiger partial charge is 0.227 e. The predicted octanol–water partition coefficient (Wildman–Crippen LogP) is 3.71. The van der Waals surface area contributed by atoms with E-state index in [4.69, 9.17) is 4.52 Å². The second kappa shape index (κ2) is 7.60. The Kier molecular flexibility index (Phi) is 5.28. The number of nitrogens with one attached hydrogen (secondary N) is 1. The van der Waals surface area contributed by atoms with Crippen molar-refractivity contribution < 1.29 is 9.32 Å². The molecule has 0 bridgehead atoms. The topological polar surface area (TPSA) is 68.0 Å². The van der Waals surface area contributed by atoms with E-state index < -0.39 is 0 Å². The van der Waals surface area contributed by atoms with Gasteiger partial charge in [-0.1, -0.05) is 49.7 Å². The van der Waals surface area contributed by atoms with Crippen LogP contribution in [0.15, 0.2) is 28.8 Å². The van der Waals surface area contributed by atoms with E-state index >= 15 is 0 Å². The third-order valence-corrected chi connectivity index (χ3v) is 4.52. The zero-order valence-corrected chi connectivity index (χ0v) is 14.4. The highest BCUT2D eigenvalue weighted by Crippen LogP contribution is 2.28. The number of rotatable bonds is 5. The molecule has 0 saturated heterocycles. The number of amides is 1. The monoisotopic (exact) mass is 327 g/mol. The Balaban J connectivity index is 1.58. The number of aryl methyl sites for hydroxylation is 2. The molecule has 1 atom stereocenters. The van der Waals surface area contributed by atoms with E-state index in [1.54, 1.807) is 0 Å². The van der Waals surface area contributed by atoms with Gasteiger partial charge in [-0.25, -0.2) is 0 Å². The maximum absolute atomic E-state index is 12.3. The van der Waals surface area contributed by atoms with Crippen molar-refractivity contribution in [1.82, 2.24) is 15.5 Å². The summed E-state index contributed by atoms with van der Waals surface area (Å²) in [4.78, 5) is 16.7. The van der Waals surface area contributed by atoms with Crippen LogP contribution in [0.3, 0.4) is 0 Å². The fraction of sp³-hybridized carbons (Fsp3) is 0.526. The molecule has 128 valence electrons. The molecular weight excluding hydrogens is 302 g/mol. The van der Waals surface area contributed by atoms with Gasteiger partial charge in [-0.3, -0.25) is 4.79 Å². The van der Waals surface area contributed by atoms with Gasteiger partial charge in [0.25, 0.3) is 0 Å². The molecule has 5 heteroatoms. The van der Waals surface area contributed by atoms with Gasteiger partial charge < -0.3 is 9.84 Å². The summed E-state index contributed by atoms with van der Waals surface area (Å²) in [7, 11) is 0. The molecule has 1 aliphatic carbocycles. The predicted molar refractivity (Wildman–Crippen MR) is 91.6 cm³/mol. The van der Waals surface area contributed by atoms with Crippen molar-refractivity contribution in [1.29, 1.82) is 0 Å². The van der Waals surface area contributed by atoms with Crippen molar-refractivity contribution in [3.8, 4) is 0 Å². The fourth-order valence-corrected chi connectivity index (χ4v) is 3.16. The molecule has 1 unspecified atom stereocenters. The van der Waals surface area contributed by atoms with Gasteiger partial charge in [0.2, 0.25) is 11.8 Å². The largest absolute Gasteiger partial charge is 0.349 e. The zero-order chi connectivity index (χ0) is 16.9. The van der Waals surface area contributed by atoms with Crippen LogP contribution < -0.4 is 5.32 Å². The fourth-order valence-electron chi connectivity index (χ4n) is 3.16.